The number of carboxylic acids is 1. The lowest BCUT2D eigenvalue weighted by atomic mass is 9.85. The average molecular weight is 653 g/mol. The molecule has 0 spiro atoms. The highest BCUT2D eigenvalue weighted by atomic mass is 32.1. The first-order valence-corrected chi connectivity index (χ1v) is 16.4. The number of likely N-dealkylation sites (tertiary alicyclic amines) is 1. The van der Waals surface area contributed by atoms with E-state index in [9.17, 15) is 19.5 Å². The smallest absolute Gasteiger partial charge is 0.497 e. The standard InChI is InChI=1S/C33H41N5O7S/c1-18(2)34-31-36-25(17-46-31)24-15-27(22-12-11-20(43-6)13-23(22)35-24)44-21-14-26(30(40)41)38(16-21)29(39)28(33(3,4)5)37-32(42)45-19-9-7-8-10-19/h11-13,15,17-18,21,26,28H,7-10,14,16H2,1-6H3,(H2-,34,36,37,40,41,42)/p+1/t21-,26+,28-/m1/s1. The van der Waals surface area contributed by atoms with E-state index >= 15 is 0 Å². The Hall–Kier alpha value is -4.26. The number of rotatable bonds is 9. The van der Waals surface area contributed by atoms with Gasteiger partial charge in [0.2, 0.25) is 11.7 Å². The number of carbonyl (C=O) groups excluding carboxylic acids is 3. The van der Waals surface area contributed by atoms with Gasteiger partial charge in [0.25, 0.3) is 0 Å². The number of aromatic nitrogens is 2. The minimum atomic E-state index is -1.14. The van der Waals surface area contributed by atoms with Gasteiger partial charge in [0, 0.05) is 48.2 Å². The zero-order valence-electron chi connectivity index (χ0n) is 27.1. The number of nitrogens with one attached hydrogen (secondary N) is 2. The Balaban J connectivity index is 1.43. The van der Waals surface area contributed by atoms with Crippen molar-refractivity contribution in [3.8, 4) is 22.9 Å². The number of benzene rings is 1. The van der Waals surface area contributed by atoms with Gasteiger partial charge in [0.15, 0.2) is 5.13 Å². The molecule has 3 N–H and O–H groups in total. The van der Waals surface area contributed by atoms with Crippen LogP contribution in [0.4, 0.5) is 9.93 Å². The van der Waals surface area contributed by atoms with Crippen LogP contribution in [0.5, 0.6) is 11.5 Å². The fourth-order valence-electron chi connectivity index (χ4n) is 5.74. The first kappa shape index (κ1) is 33.1. The topological polar surface area (TPSA) is 154 Å². The van der Waals surface area contributed by atoms with Gasteiger partial charge in [-0.2, -0.15) is 0 Å². The van der Waals surface area contributed by atoms with Gasteiger partial charge < -0.3 is 24.8 Å². The van der Waals surface area contributed by atoms with Crippen LogP contribution >= 0.6 is 11.3 Å². The molecule has 0 radical (unpaired) electrons. The molecular weight excluding hydrogens is 610 g/mol. The van der Waals surface area contributed by atoms with E-state index in [1.165, 1.54) is 16.2 Å². The van der Waals surface area contributed by atoms with Crippen LogP contribution < -0.4 is 20.1 Å². The van der Waals surface area contributed by atoms with Crippen molar-refractivity contribution in [2.45, 2.75) is 91.0 Å². The molecule has 1 aliphatic carbocycles. The first-order valence-electron chi connectivity index (χ1n) is 15.6. The van der Waals surface area contributed by atoms with Crippen molar-refractivity contribution in [3.63, 3.8) is 0 Å². The molecular formula is C33H42N5O7S+. The highest BCUT2D eigenvalue weighted by Gasteiger charge is 2.47. The SMILES string of the molecule is COc1ccc2c(O[C@@H]3C[C@@H](C(=O)O)N(C(=O)[C@@H](NC(=O)[O+]=C4CCCC4)C(C)(C)C)C3)cc(-c3csc(NC(C)C)n3)nc2c1. The van der Waals surface area contributed by atoms with Gasteiger partial charge in [-0.15, -0.1) is 11.3 Å². The van der Waals surface area contributed by atoms with Crippen LogP contribution in [0, 0.1) is 5.41 Å². The van der Waals surface area contributed by atoms with Crippen molar-refractivity contribution in [1.29, 1.82) is 0 Å². The fourth-order valence-corrected chi connectivity index (χ4v) is 6.59. The summed E-state index contributed by atoms with van der Waals surface area (Å²) in [6.07, 6.45) is 2.07. The quantitative estimate of drug-likeness (QED) is 0.257. The van der Waals surface area contributed by atoms with Gasteiger partial charge in [-0.3, -0.25) is 14.5 Å². The van der Waals surface area contributed by atoms with E-state index in [0.717, 1.165) is 18.0 Å². The van der Waals surface area contributed by atoms with Crippen molar-refractivity contribution in [1.82, 2.24) is 20.2 Å². The number of methoxy groups -OCH3 is 1. The summed E-state index contributed by atoms with van der Waals surface area (Å²) < 4.78 is 17.4. The van der Waals surface area contributed by atoms with E-state index in [-0.39, 0.29) is 19.0 Å². The number of aliphatic carboxylic acids is 1. The minimum Gasteiger partial charge on any atom is -0.497 e. The lowest BCUT2D eigenvalue weighted by Gasteiger charge is -2.33. The van der Waals surface area contributed by atoms with Gasteiger partial charge in [-0.1, -0.05) is 20.8 Å². The molecule has 3 aromatic rings. The number of nitrogens with zero attached hydrogens (tertiary/aromatic N) is 3. The predicted octanol–water partition coefficient (Wildman–Crippen LogP) is 5.42. The molecule has 5 rings (SSSR count). The molecule has 13 heteroatoms. The number of pyridine rings is 1. The summed E-state index contributed by atoms with van der Waals surface area (Å²) in [7, 11) is 1.58. The van der Waals surface area contributed by atoms with Gasteiger partial charge in [-0.05, 0) is 44.2 Å². The van der Waals surface area contributed by atoms with Gasteiger partial charge >= 0.3 is 12.1 Å². The molecule has 1 saturated heterocycles. The molecule has 46 heavy (non-hydrogen) atoms. The molecule has 2 aromatic heterocycles. The van der Waals surface area contributed by atoms with Crippen molar-refractivity contribution < 1.29 is 33.4 Å². The highest BCUT2D eigenvalue weighted by molar-refractivity contribution is 7.14. The summed E-state index contributed by atoms with van der Waals surface area (Å²) in [5, 5.41) is 19.6. The Morgan fingerprint density at radius 2 is 1.85 bits per heavy atom. The number of hydrogen-bond donors (Lipinski definition) is 3. The van der Waals surface area contributed by atoms with Crippen LogP contribution in [0.1, 0.15) is 66.7 Å². The van der Waals surface area contributed by atoms with Gasteiger partial charge in [-0.25, -0.2) is 14.8 Å². The second-order valence-electron chi connectivity index (χ2n) is 13.1. The Bertz CT molecular complexity index is 1640. The van der Waals surface area contributed by atoms with E-state index in [0.29, 0.717) is 52.4 Å². The summed E-state index contributed by atoms with van der Waals surface area (Å²) >= 11 is 1.47. The zero-order chi connectivity index (χ0) is 33.2. The second kappa shape index (κ2) is 13.6. The number of carbonyl (C=O) groups is 3. The third-order valence-corrected chi connectivity index (χ3v) is 8.83. The summed E-state index contributed by atoms with van der Waals surface area (Å²) in [5.74, 6) is 0.158. The number of anilines is 1. The van der Waals surface area contributed by atoms with Crippen molar-refractivity contribution in [2.75, 3.05) is 19.0 Å². The molecule has 1 aliphatic heterocycles. The fraction of sp³-hybridized carbons (Fsp3) is 0.515. The summed E-state index contributed by atoms with van der Waals surface area (Å²) in [6.45, 7) is 9.54. The van der Waals surface area contributed by atoms with Crippen molar-refractivity contribution in [2.24, 2.45) is 5.41 Å². The van der Waals surface area contributed by atoms with E-state index < -0.39 is 41.6 Å². The number of amides is 2. The highest BCUT2D eigenvalue weighted by Crippen LogP contribution is 2.36. The summed E-state index contributed by atoms with van der Waals surface area (Å²) in [5.41, 5.74) is 1.15. The van der Waals surface area contributed by atoms with E-state index in [1.807, 2.05) is 46.1 Å². The number of carboxylic acid groups (broad SMARTS) is 1. The Labute approximate surface area is 272 Å². The molecule has 1 aromatic carbocycles. The largest absolute Gasteiger partial charge is 0.691 e. The van der Waals surface area contributed by atoms with Crippen LogP contribution in [0.2, 0.25) is 0 Å². The monoisotopic (exact) mass is 652 g/mol. The zero-order valence-corrected chi connectivity index (χ0v) is 27.9. The first-order chi connectivity index (χ1) is 21.8. The molecule has 1 saturated carbocycles. The summed E-state index contributed by atoms with van der Waals surface area (Å²) in [6, 6.07) is 5.30. The Kier molecular flexibility index (Phi) is 9.80. The number of ether oxygens (including phenoxy) is 2. The second-order valence-corrected chi connectivity index (χ2v) is 14.0. The molecule has 12 nitrogen and oxygen atoms in total. The molecule has 3 heterocycles. The lowest BCUT2D eigenvalue weighted by Crippen LogP contribution is -2.56. The van der Waals surface area contributed by atoms with E-state index in [1.54, 1.807) is 25.3 Å². The minimum absolute atomic E-state index is 0.0188. The van der Waals surface area contributed by atoms with Crippen LogP contribution in [0.25, 0.3) is 22.3 Å². The van der Waals surface area contributed by atoms with Crippen molar-refractivity contribution in [3.05, 3.63) is 29.6 Å². The van der Waals surface area contributed by atoms with Gasteiger partial charge in [0.05, 0.1) is 29.7 Å². The maximum atomic E-state index is 14.0. The van der Waals surface area contributed by atoms with Gasteiger partial charge in [0.1, 0.15) is 35.4 Å². The van der Waals surface area contributed by atoms with E-state index in [4.69, 9.17) is 23.9 Å². The van der Waals surface area contributed by atoms with Crippen LogP contribution in [0.3, 0.4) is 0 Å². The maximum absolute atomic E-state index is 14.0. The lowest BCUT2D eigenvalue weighted by molar-refractivity contribution is -0.347. The van der Waals surface area contributed by atoms with Crippen molar-refractivity contribution >= 4 is 51.1 Å². The Morgan fingerprint density at radius 1 is 1.11 bits per heavy atom. The molecule has 0 bridgehead atoms. The molecule has 2 amide bonds. The number of thiazole rings is 1. The summed E-state index contributed by atoms with van der Waals surface area (Å²) in [4.78, 5) is 50.0. The normalized spacial score (nSPS) is 18.9. The molecule has 0 unspecified atom stereocenters. The maximum Gasteiger partial charge on any atom is 0.691 e. The third kappa shape index (κ3) is 7.57. The number of fused-ring (bicyclic) bond motifs is 1. The molecule has 3 atom stereocenters. The molecule has 246 valence electrons. The number of hydrogen-bond acceptors (Lipinski definition) is 9. The Morgan fingerprint density at radius 3 is 2.50 bits per heavy atom. The van der Waals surface area contributed by atoms with Crippen LogP contribution in [0.15, 0.2) is 29.6 Å². The molecule has 2 aliphatic rings. The molecule has 2 fully saturated rings. The number of ketones is 1. The van der Waals surface area contributed by atoms with Crippen LogP contribution in [-0.4, -0.2) is 81.6 Å². The van der Waals surface area contributed by atoms with E-state index in [2.05, 4.69) is 10.6 Å². The average Bonchev–Trinajstić information content (AvgIpc) is 3.76. The van der Waals surface area contributed by atoms with Crippen LogP contribution in [-0.2, 0) is 14.0 Å². The predicted molar refractivity (Wildman–Crippen MR) is 176 cm³/mol. The third-order valence-electron chi connectivity index (χ3n) is 8.06.